The first-order valence-corrected chi connectivity index (χ1v) is 7.36. The molecule has 1 aromatic heterocycles. The van der Waals surface area contributed by atoms with Crippen molar-refractivity contribution in [2.45, 2.75) is 32.7 Å². The van der Waals surface area contributed by atoms with E-state index in [-0.39, 0.29) is 5.82 Å². The first-order valence-electron chi connectivity index (χ1n) is 6.57. The van der Waals surface area contributed by atoms with Gasteiger partial charge in [-0.3, -0.25) is 0 Å². The summed E-state index contributed by atoms with van der Waals surface area (Å²) in [4.78, 5) is 0. The third-order valence-electron chi connectivity index (χ3n) is 2.75. The molecule has 4 nitrogen and oxygen atoms in total. The van der Waals surface area contributed by atoms with Crippen LogP contribution in [0.25, 0.3) is 11.5 Å². The smallest absolute Gasteiger partial charge is 0.247 e. The number of nitrogens with zero attached hydrogens (tertiary/aromatic N) is 2. The van der Waals surface area contributed by atoms with Crippen molar-refractivity contribution in [2.24, 2.45) is 0 Å². The summed E-state index contributed by atoms with van der Waals surface area (Å²) in [7, 11) is 0. The Morgan fingerprint density at radius 2 is 2.15 bits per heavy atom. The van der Waals surface area contributed by atoms with E-state index in [0.29, 0.717) is 34.3 Å². The van der Waals surface area contributed by atoms with Gasteiger partial charge in [0.25, 0.3) is 0 Å². The van der Waals surface area contributed by atoms with Crippen LogP contribution in [0.5, 0.6) is 0 Å². The second kappa shape index (κ2) is 6.95. The van der Waals surface area contributed by atoms with Crippen molar-refractivity contribution < 1.29 is 8.81 Å². The highest BCUT2D eigenvalue weighted by Gasteiger charge is 2.10. The number of benzene rings is 1. The van der Waals surface area contributed by atoms with Gasteiger partial charge in [-0.2, -0.15) is 0 Å². The minimum Gasteiger partial charge on any atom is -0.421 e. The molecule has 1 aromatic carbocycles. The topological polar surface area (TPSA) is 51.0 Å². The predicted octanol–water partition coefficient (Wildman–Crippen LogP) is 3.57. The quantitative estimate of drug-likeness (QED) is 0.816. The fourth-order valence-electron chi connectivity index (χ4n) is 1.73. The van der Waals surface area contributed by atoms with Crippen LogP contribution >= 0.6 is 15.9 Å². The van der Waals surface area contributed by atoms with Crippen molar-refractivity contribution in [2.75, 3.05) is 6.54 Å². The van der Waals surface area contributed by atoms with Crippen LogP contribution in [-0.4, -0.2) is 22.8 Å². The third-order valence-corrected chi connectivity index (χ3v) is 3.40. The first kappa shape index (κ1) is 15.1. The monoisotopic (exact) mass is 341 g/mol. The summed E-state index contributed by atoms with van der Waals surface area (Å²) in [5.41, 5.74) is 0.588. The number of aromatic nitrogens is 2. The molecule has 0 bridgehead atoms. The van der Waals surface area contributed by atoms with E-state index in [0.717, 1.165) is 13.0 Å². The van der Waals surface area contributed by atoms with E-state index in [4.69, 9.17) is 4.42 Å². The molecule has 0 radical (unpaired) electrons. The summed E-state index contributed by atoms with van der Waals surface area (Å²) < 4.78 is 19.4. The van der Waals surface area contributed by atoms with Crippen molar-refractivity contribution in [1.29, 1.82) is 0 Å². The Morgan fingerprint density at radius 3 is 2.85 bits per heavy atom. The second-order valence-corrected chi connectivity index (χ2v) is 5.70. The summed E-state index contributed by atoms with van der Waals surface area (Å²) in [5, 5.41) is 11.3. The predicted molar refractivity (Wildman–Crippen MR) is 78.9 cm³/mol. The fourth-order valence-corrected chi connectivity index (χ4v) is 1.98. The average Bonchev–Trinajstić information content (AvgIpc) is 2.86. The van der Waals surface area contributed by atoms with Crippen LogP contribution < -0.4 is 5.32 Å². The van der Waals surface area contributed by atoms with E-state index in [2.05, 4.69) is 45.3 Å². The minimum atomic E-state index is -0.344. The number of nitrogens with one attached hydrogen (secondary N) is 1. The molecule has 6 heteroatoms. The highest BCUT2D eigenvalue weighted by molar-refractivity contribution is 9.10. The van der Waals surface area contributed by atoms with Crippen molar-refractivity contribution in [3.8, 4) is 11.5 Å². The van der Waals surface area contributed by atoms with Crippen LogP contribution in [-0.2, 0) is 6.42 Å². The van der Waals surface area contributed by atoms with Gasteiger partial charge in [0.2, 0.25) is 11.8 Å². The zero-order valence-corrected chi connectivity index (χ0v) is 13.1. The van der Waals surface area contributed by atoms with Gasteiger partial charge in [0.1, 0.15) is 5.82 Å². The van der Waals surface area contributed by atoms with Crippen LogP contribution in [0.2, 0.25) is 0 Å². The van der Waals surface area contributed by atoms with Gasteiger partial charge < -0.3 is 9.73 Å². The second-order valence-electron chi connectivity index (χ2n) is 4.84. The number of hydrogen-bond donors (Lipinski definition) is 1. The Kier molecular flexibility index (Phi) is 5.25. The van der Waals surface area contributed by atoms with Crippen molar-refractivity contribution in [3.63, 3.8) is 0 Å². The molecule has 1 heterocycles. The van der Waals surface area contributed by atoms with Gasteiger partial charge in [-0.1, -0.05) is 13.8 Å². The van der Waals surface area contributed by atoms with Crippen LogP contribution in [0.1, 0.15) is 26.2 Å². The summed E-state index contributed by atoms with van der Waals surface area (Å²) in [6.45, 7) is 5.11. The maximum atomic E-state index is 13.5. The van der Waals surface area contributed by atoms with E-state index < -0.39 is 0 Å². The summed E-state index contributed by atoms with van der Waals surface area (Å²) in [6.07, 6.45) is 1.64. The van der Waals surface area contributed by atoms with E-state index in [9.17, 15) is 4.39 Å². The molecule has 0 unspecified atom stereocenters. The van der Waals surface area contributed by atoms with Crippen LogP contribution in [0, 0.1) is 5.82 Å². The maximum absolute atomic E-state index is 13.5. The number of aryl methyl sites for hydroxylation is 1. The van der Waals surface area contributed by atoms with Gasteiger partial charge in [-0.15, -0.1) is 10.2 Å². The lowest BCUT2D eigenvalue weighted by Crippen LogP contribution is -2.23. The van der Waals surface area contributed by atoms with E-state index in [1.807, 2.05) is 0 Å². The van der Waals surface area contributed by atoms with Crippen LogP contribution in [0.3, 0.4) is 0 Å². The highest BCUT2D eigenvalue weighted by atomic mass is 79.9. The van der Waals surface area contributed by atoms with Gasteiger partial charge in [-0.05, 0) is 47.1 Å². The van der Waals surface area contributed by atoms with Gasteiger partial charge in [0, 0.05) is 18.0 Å². The molecular formula is C14H17BrFN3O. The van der Waals surface area contributed by atoms with Gasteiger partial charge >= 0.3 is 0 Å². The summed E-state index contributed by atoms with van der Waals surface area (Å²) in [5.74, 6) is 0.584. The van der Waals surface area contributed by atoms with Crippen molar-refractivity contribution >= 4 is 15.9 Å². The molecule has 1 N–H and O–H groups in total. The third kappa shape index (κ3) is 4.11. The molecule has 0 aliphatic heterocycles. The molecule has 0 aliphatic carbocycles. The van der Waals surface area contributed by atoms with E-state index in [1.54, 1.807) is 12.1 Å². The lowest BCUT2D eigenvalue weighted by molar-refractivity contribution is 0.483. The lowest BCUT2D eigenvalue weighted by Gasteiger charge is -2.05. The Labute approximate surface area is 125 Å². The number of hydrogen-bond acceptors (Lipinski definition) is 4. The average molecular weight is 342 g/mol. The largest absolute Gasteiger partial charge is 0.421 e. The summed E-state index contributed by atoms with van der Waals surface area (Å²) in [6, 6.07) is 5.21. The standard InChI is InChI=1S/C14H17BrFN3O/c1-9(2)17-7-3-4-13-18-19-14(20-13)10-5-6-11(15)12(16)8-10/h5-6,8-9,17H,3-4,7H2,1-2H3. The Morgan fingerprint density at radius 1 is 1.35 bits per heavy atom. The molecule has 20 heavy (non-hydrogen) atoms. The van der Waals surface area contributed by atoms with Gasteiger partial charge in [-0.25, -0.2) is 4.39 Å². The molecule has 0 atom stereocenters. The number of rotatable bonds is 6. The molecule has 2 rings (SSSR count). The van der Waals surface area contributed by atoms with Crippen LogP contribution in [0.4, 0.5) is 4.39 Å². The van der Waals surface area contributed by atoms with Gasteiger partial charge in [0.15, 0.2) is 0 Å². The summed E-state index contributed by atoms with van der Waals surface area (Å²) >= 11 is 3.11. The molecule has 0 aliphatic rings. The minimum absolute atomic E-state index is 0.344. The van der Waals surface area contributed by atoms with Crippen molar-refractivity contribution in [3.05, 3.63) is 34.4 Å². The zero-order chi connectivity index (χ0) is 14.5. The molecule has 0 saturated heterocycles. The zero-order valence-electron chi connectivity index (χ0n) is 11.5. The molecular weight excluding hydrogens is 325 g/mol. The molecule has 0 amide bonds. The van der Waals surface area contributed by atoms with Crippen LogP contribution in [0.15, 0.2) is 27.1 Å². The van der Waals surface area contributed by atoms with E-state index in [1.165, 1.54) is 6.07 Å². The molecule has 0 saturated carbocycles. The maximum Gasteiger partial charge on any atom is 0.247 e. The van der Waals surface area contributed by atoms with Crippen molar-refractivity contribution in [1.82, 2.24) is 15.5 Å². The van der Waals surface area contributed by atoms with Gasteiger partial charge in [0.05, 0.1) is 4.47 Å². The molecule has 0 fully saturated rings. The first-order chi connectivity index (χ1) is 9.56. The SMILES string of the molecule is CC(C)NCCCc1nnc(-c2ccc(Br)c(F)c2)o1. The fraction of sp³-hybridized carbons (Fsp3) is 0.429. The Bertz CT molecular complexity index is 571. The molecule has 2 aromatic rings. The lowest BCUT2D eigenvalue weighted by atomic mass is 10.2. The number of halogens is 2. The normalized spacial score (nSPS) is 11.2. The Hall–Kier alpha value is -1.27. The highest BCUT2D eigenvalue weighted by Crippen LogP contribution is 2.23. The molecule has 0 spiro atoms. The molecule has 108 valence electrons. The Balaban J connectivity index is 1.96. The van der Waals surface area contributed by atoms with E-state index >= 15 is 0 Å².